The van der Waals surface area contributed by atoms with Crippen LogP contribution in [0.3, 0.4) is 0 Å². The third kappa shape index (κ3) is 5.88. The summed E-state index contributed by atoms with van der Waals surface area (Å²) in [4.78, 5) is 43.3. The van der Waals surface area contributed by atoms with Crippen molar-refractivity contribution in [1.29, 1.82) is 0 Å². The highest BCUT2D eigenvalue weighted by Crippen LogP contribution is 2.27. The van der Waals surface area contributed by atoms with Gasteiger partial charge in [-0.15, -0.1) is 0 Å². The quantitative estimate of drug-likeness (QED) is 0.516. The van der Waals surface area contributed by atoms with Crippen LogP contribution in [0.2, 0.25) is 0 Å². The van der Waals surface area contributed by atoms with Crippen LogP contribution in [0.15, 0.2) is 65.6 Å². The molecule has 2 aromatic carbocycles. The van der Waals surface area contributed by atoms with Crippen LogP contribution in [-0.2, 0) is 32.0 Å². The fraction of sp³-hybridized carbons (Fsp3) is 0.444. The number of Topliss-reactive ketones (excluding diaryl/α,β-unsaturated/α-hetero) is 1. The molecule has 0 N–H and O–H groups in total. The molecule has 0 radical (unpaired) electrons. The Morgan fingerprint density at radius 2 is 1.47 bits per heavy atom. The molecule has 2 fully saturated rings. The summed E-state index contributed by atoms with van der Waals surface area (Å²) in [6.07, 6.45) is 4.77. The third-order valence-electron chi connectivity index (χ3n) is 6.74. The van der Waals surface area contributed by atoms with Crippen LogP contribution < -0.4 is 0 Å². The molecule has 7 heteroatoms. The summed E-state index contributed by atoms with van der Waals surface area (Å²) >= 11 is -1.43. The van der Waals surface area contributed by atoms with Gasteiger partial charge in [-0.25, -0.2) is 0 Å². The predicted molar refractivity (Wildman–Crippen MR) is 132 cm³/mol. The molecule has 2 aliphatic heterocycles. The van der Waals surface area contributed by atoms with Crippen LogP contribution in [-0.4, -0.2) is 62.9 Å². The molecule has 2 saturated heterocycles. The monoisotopic (exact) mass is 480 g/mol. The molecule has 2 amide bonds. The van der Waals surface area contributed by atoms with Gasteiger partial charge in [-0.1, -0.05) is 48.5 Å². The lowest BCUT2D eigenvalue weighted by atomic mass is 10.1. The van der Waals surface area contributed by atoms with E-state index in [4.69, 9.17) is 0 Å². The van der Waals surface area contributed by atoms with Gasteiger partial charge < -0.3 is 14.4 Å². The van der Waals surface area contributed by atoms with Crippen molar-refractivity contribution in [2.75, 3.05) is 18.8 Å². The standard InChI is InChI=1S/C27H32N2O4S/c30-25(20-34(33)22-13-5-2-6-14-22)23-15-8-19-29(23)27(32)24-16-9-18-28(24)26(31)17-7-12-21-10-3-1-4-11-21/h1-6,10-11,13-14,23-24H,7-9,12,15-20H2/t23-,24-,34?/m0/s1. The Labute approximate surface area is 204 Å². The van der Waals surface area contributed by atoms with Crippen LogP contribution >= 0.6 is 0 Å². The van der Waals surface area contributed by atoms with Crippen LogP contribution in [0.4, 0.5) is 0 Å². The molecule has 0 aliphatic carbocycles. The van der Waals surface area contributed by atoms with Crippen molar-refractivity contribution in [1.82, 2.24) is 9.80 Å². The second kappa shape index (κ2) is 11.7. The summed E-state index contributed by atoms with van der Waals surface area (Å²) in [5, 5.41) is 0. The third-order valence-corrected chi connectivity index (χ3v) is 8.09. The van der Waals surface area contributed by atoms with Gasteiger partial charge in [0.2, 0.25) is 17.6 Å². The Kier molecular flexibility index (Phi) is 8.40. The van der Waals surface area contributed by atoms with Gasteiger partial charge in [-0.05, 0) is 67.4 Å². The topological polar surface area (TPSA) is 80.8 Å². The number of rotatable bonds is 9. The molecule has 0 saturated carbocycles. The summed E-state index contributed by atoms with van der Waals surface area (Å²) in [5.41, 5.74) is 1.20. The molecule has 34 heavy (non-hydrogen) atoms. The van der Waals surface area contributed by atoms with Gasteiger partial charge in [-0.3, -0.25) is 14.4 Å². The molecule has 1 unspecified atom stereocenters. The molecule has 180 valence electrons. The largest absolute Gasteiger partial charge is 0.611 e. The molecule has 6 nitrogen and oxygen atoms in total. The van der Waals surface area contributed by atoms with Crippen molar-refractivity contribution in [3.8, 4) is 0 Å². The van der Waals surface area contributed by atoms with Gasteiger partial charge in [0.1, 0.15) is 6.04 Å². The van der Waals surface area contributed by atoms with E-state index in [0.29, 0.717) is 37.2 Å². The van der Waals surface area contributed by atoms with E-state index in [2.05, 4.69) is 12.1 Å². The van der Waals surface area contributed by atoms with Crippen LogP contribution in [0, 0.1) is 0 Å². The fourth-order valence-corrected chi connectivity index (χ4v) is 6.07. The zero-order valence-electron chi connectivity index (χ0n) is 19.4. The van der Waals surface area contributed by atoms with Gasteiger partial charge in [-0.2, -0.15) is 0 Å². The first-order chi connectivity index (χ1) is 16.5. The number of carbonyl (C=O) groups is 3. The lowest BCUT2D eigenvalue weighted by Gasteiger charge is -2.31. The number of ketones is 1. The van der Waals surface area contributed by atoms with Gasteiger partial charge in [0.25, 0.3) is 0 Å². The van der Waals surface area contributed by atoms with Gasteiger partial charge in [0.05, 0.1) is 6.04 Å². The van der Waals surface area contributed by atoms with Crippen molar-refractivity contribution in [3.63, 3.8) is 0 Å². The maximum absolute atomic E-state index is 13.4. The first-order valence-corrected chi connectivity index (χ1v) is 13.5. The molecule has 0 spiro atoms. The predicted octanol–water partition coefficient (Wildman–Crippen LogP) is 3.37. The smallest absolute Gasteiger partial charge is 0.245 e. The Morgan fingerprint density at radius 3 is 2.18 bits per heavy atom. The van der Waals surface area contributed by atoms with E-state index in [-0.39, 0.29) is 23.4 Å². The zero-order chi connectivity index (χ0) is 23.9. The molecule has 0 bridgehead atoms. The molecular weight excluding hydrogens is 448 g/mol. The van der Waals surface area contributed by atoms with Crippen LogP contribution in [0.25, 0.3) is 0 Å². The van der Waals surface area contributed by atoms with Crippen molar-refractivity contribution >= 4 is 28.8 Å². The van der Waals surface area contributed by atoms with E-state index >= 15 is 0 Å². The Bertz CT molecular complexity index is 985. The van der Waals surface area contributed by atoms with Crippen molar-refractivity contribution in [2.24, 2.45) is 0 Å². The minimum atomic E-state index is -1.43. The van der Waals surface area contributed by atoms with E-state index in [1.54, 1.807) is 34.1 Å². The number of amides is 2. The summed E-state index contributed by atoms with van der Waals surface area (Å²) in [7, 11) is 0. The maximum Gasteiger partial charge on any atom is 0.245 e. The SMILES string of the molecule is O=C(C[S+]([O-])c1ccccc1)[C@@H]1CCCN1C(=O)[C@@H]1CCCN1C(=O)CCCc1ccccc1. The minimum Gasteiger partial charge on any atom is -0.611 e. The zero-order valence-corrected chi connectivity index (χ0v) is 20.3. The number of nitrogens with zero attached hydrogens (tertiary/aromatic N) is 2. The second-order valence-corrected chi connectivity index (χ2v) is 10.5. The van der Waals surface area contributed by atoms with Crippen molar-refractivity contribution in [2.45, 2.75) is 61.9 Å². The molecule has 2 aromatic rings. The number of likely N-dealkylation sites (tertiary alicyclic amines) is 2. The van der Waals surface area contributed by atoms with E-state index in [1.807, 2.05) is 24.3 Å². The van der Waals surface area contributed by atoms with Crippen molar-refractivity contribution in [3.05, 3.63) is 66.2 Å². The summed E-state index contributed by atoms with van der Waals surface area (Å²) in [5.74, 6) is -0.369. The number of benzene rings is 2. The van der Waals surface area contributed by atoms with E-state index < -0.39 is 23.3 Å². The van der Waals surface area contributed by atoms with Gasteiger partial charge in [0.15, 0.2) is 10.6 Å². The van der Waals surface area contributed by atoms with E-state index in [9.17, 15) is 18.9 Å². The highest BCUT2D eigenvalue weighted by atomic mass is 32.2. The average Bonchev–Trinajstić information content (AvgIpc) is 3.55. The number of aryl methyl sites for hydroxylation is 1. The molecule has 2 aliphatic rings. The second-order valence-electron chi connectivity index (χ2n) is 9.04. The van der Waals surface area contributed by atoms with Crippen molar-refractivity contribution < 1.29 is 18.9 Å². The van der Waals surface area contributed by atoms with Gasteiger partial charge in [0, 0.05) is 19.5 Å². The molecule has 0 aromatic heterocycles. The number of hydrogen-bond acceptors (Lipinski definition) is 4. The van der Waals surface area contributed by atoms with Crippen LogP contribution in [0.1, 0.15) is 44.1 Å². The highest BCUT2D eigenvalue weighted by Gasteiger charge is 2.42. The summed E-state index contributed by atoms with van der Waals surface area (Å²) < 4.78 is 12.6. The number of carbonyl (C=O) groups excluding carboxylic acids is 3. The minimum absolute atomic E-state index is 0.0130. The normalized spacial score (nSPS) is 21.0. The molecular formula is C27H32N2O4S. The molecule has 4 rings (SSSR count). The van der Waals surface area contributed by atoms with Crippen LogP contribution in [0.5, 0.6) is 0 Å². The first kappa shape index (κ1) is 24.5. The highest BCUT2D eigenvalue weighted by molar-refractivity contribution is 7.92. The van der Waals surface area contributed by atoms with E-state index in [0.717, 1.165) is 25.7 Å². The molecule has 3 atom stereocenters. The fourth-order valence-electron chi connectivity index (χ4n) is 4.99. The Hall–Kier alpha value is -2.64. The lowest BCUT2D eigenvalue weighted by molar-refractivity contribution is -0.146. The maximum atomic E-state index is 13.4. The first-order valence-electron chi connectivity index (χ1n) is 12.1. The molecule has 2 heterocycles. The Morgan fingerprint density at radius 1 is 0.853 bits per heavy atom. The number of hydrogen-bond donors (Lipinski definition) is 0. The lowest BCUT2D eigenvalue weighted by Crippen LogP contribution is -2.51. The average molecular weight is 481 g/mol. The Balaban J connectivity index is 1.33. The summed E-state index contributed by atoms with van der Waals surface area (Å²) in [6.45, 7) is 1.10. The summed E-state index contributed by atoms with van der Waals surface area (Å²) in [6, 6.07) is 18.0. The van der Waals surface area contributed by atoms with E-state index in [1.165, 1.54) is 5.56 Å². The van der Waals surface area contributed by atoms with Gasteiger partial charge >= 0.3 is 0 Å².